The van der Waals surface area contributed by atoms with Gasteiger partial charge in [-0.2, -0.15) is 0 Å². The van der Waals surface area contributed by atoms with Crippen molar-refractivity contribution in [2.24, 2.45) is 0 Å². The van der Waals surface area contributed by atoms with Crippen LogP contribution in [0.25, 0.3) is 0 Å². The van der Waals surface area contributed by atoms with Crippen molar-refractivity contribution in [2.45, 2.75) is 270 Å². The standard InChI is InChI=1S/C58H116N4O7S/c1-5-9-13-17-21-25-33-53(63)49-61(50-54(64)34-26-22-18-14-10-6-2)39-31-29-37-57(67)69-47-45-59-41-43-60(44-42-59)46-48-70-58(68)38-30-32-40-62(51-55(65)35-27-23-19-15-11-7-3)52-56(66)36-28-24-20-16-12-8-4/h53-56,63-66H,5-52H2,1-4H3. The number of unbranched alkanes of at least 4 members (excludes halogenated alkanes) is 22. The van der Waals surface area contributed by atoms with Gasteiger partial charge in [0.15, 0.2) is 5.12 Å². The summed E-state index contributed by atoms with van der Waals surface area (Å²) in [6.07, 6.45) is 35.1. The van der Waals surface area contributed by atoms with Crippen LogP contribution in [0.1, 0.15) is 246 Å². The highest BCUT2D eigenvalue weighted by molar-refractivity contribution is 8.13. The number of esters is 1. The molecule has 0 aromatic rings. The third-order valence-corrected chi connectivity index (χ3v) is 15.4. The Balaban J connectivity index is 2.32. The van der Waals surface area contributed by atoms with Gasteiger partial charge in [-0.1, -0.05) is 194 Å². The van der Waals surface area contributed by atoms with Crippen molar-refractivity contribution in [3.8, 4) is 0 Å². The van der Waals surface area contributed by atoms with Crippen LogP contribution in [0.15, 0.2) is 0 Å². The highest BCUT2D eigenvalue weighted by Gasteiger charge is 2.20. The van der Waals surface area contributed by atoms with Crippen LogP contribution in [0.4, 0.5) is 0 Å². The Hall–Kier alpha value is -0.830. The monoisotopic (exact) mass is 1010 g/mol. The summed E-state index contributed by atoms with van der Waals surface area (Å²) in [5.74, 6) is 0.653. The SMILES string of the molecule is CCCCCCCCC(O)CN(CCCCC(=O)OCCN1CCN(CCSC(=O)CCCCN(CC(O)CCCCCCCC)CC(O)CCCCCCCC)CC1)CC(O)CCCCCCCC. The zero-order chi connectivity index (χ0) is 51.1. The molecule has 0 bridgehead atoms. The van der Waals surface area contributed by atoms with Crippen LogP contribution in [-0.4, -0.2) is 166 Å². The molecule has 1 aliphatic heterocycles. The number of carbonyl (C=O) groups excluding carboxylic acids is 2. The first-order chi connectivity index (χ1) is 34.1. The van der Waals surface area contributed by atoms with Gasteiger partial charge < -0.3 is 25.2 Å². The average Bonchev–Trinajstić information content (AvgIpc) is 3.34. The van der Waals surface area contributed by atoms with E-state index in [9.17, 15) is 30.0 Å². The van der Waals surface area contributed by atoms with Gasteiger partial charge in [-0.3, -0.25) is 29.2 Å². The third-order valence-electron chi connectivity index (χ3n) is 14.5. The molecule has 0 aromatic carbocycles. The number of aliphatic hydroxyl groups excluding tert-OH is 4. The van der Waals surface area contributed by atoms with Crippen molar-refractivity contribution < 1.29 is 34.8 Å². The molecule has 1 saturated heterocycles. The van der Waals surface area contributed by atoms with Crippen LogP contribution in [0.5, 0.6) is 0 Å². The first-order valence-electron chi connectivity index (χ1n) is 30.0. The van der Waals surface area contributed by atoms with Gasteiger partial charge in [-0.15, -0.1) is 0 Å². The first kappa shape index (κ1) is 67.2. The second-order valence-electron chi connectivity index (χ2n) is 21.4. The fourth-order valence-electron chi connectivity index (χ4n) is 9.88. The van der Waals surface area contributed by atoms with Crippen LogP contribution in [0.3, 0.4) is 0 Å². The summed E-state index contributed by atoms with van der Waals surface area (Å²) in [4.78, 5) is 34.7. The summed E-state index contributed by atoms with van der Waals surface area (Å²) < 4.78 is 5.65. The van der Waals surface area contributed by atoms with E-state index < -0.39 is 0 Å². The van der Waals surface area contributed by atoms with E-state index in [2.05, 4.69) is 47.3 Å². The third kappa shape index (κ3) is 42.5. The Bertz CT molecular complexity index is 1020. The first-order valence-corrected chi connectivity index (χ1v) is 31.0. The molecular formula is C58H116N4O7S. The van der Waals surface area contributed by atoms with Gasteiger partial charge in [0.05, 0.1) is 24.4 Å². The lowest BCUT2D eigenvalue weighted by Gasteiger charge is -2.34. The molecule has 0 saturated carbocycles. The van der Waals surface area contributed by atoms with Crippen molar-refractivity contribution in [3.05, 3.63) is 0 Å². The second kappa shape index (κ2) is 49.1. The molecule has 1 aliphatic rings. The Morgan fingerprint density at radius 2 is 0.771 bits per heavy atom. The minimum Gasteiger partial charge on any atom is -0.464 e. The number of hydrogen-bond donors (Lipinski definition) is 4. The lowest BCUT2D eigenvalue weighted by atomic mass is 10.1. The zero-order valence-electron chi connectivity index (χ0n) is 46.5. The van der Waals surface area contributed by atoms with Crippen molar-refractivity contribution >= 4 is 22.8 Å². The van der Waals surface area contributed by atoms with E-state index >= 15 is 0 Å². The normalized spacial score (nSPS) is 15.5. The molecule has 1 rings (SSSR count). The number of thioether (sulfide) groups is 1. The number of piperazine rings is 1. The van der Waals surface area contributed by atoms with Crippen molar-refractivity contribution in [1.82, 2.24) is 19.6 Å². The molecular weight excluding hydrogens is 897 g/mol. The van der Waals surface area contributed by atoms with Gasteiger partial charge in [0.25, 0.3) is 0 Å². The zero-order valence-corrected chi connectivity index (χ0v) is 47.3. The molecule has 1 heterocycles. The summed E-state index contributed by atoms with van der Waals surface area (Å²) in [5.41, 5.74) is 0. The van der Waals surface area contributed by atoms with Crippen LogP contribution in [0, 0.1) is 0 Å². The highest BCUT2D eigenvalue weighted by atomic mass is 32.2. The summed E-state index contributed by atoms with van der Waals surface area (Å²) in [7, 11) is 0. The number of carbonyl (C=O) groups is 2. The van der Waals surface area contributed by atoms with E-state index in [0.717, 1.165) is 135 Å². The quantitative estimate of drug-likeness (QED) is 0.0341. The Morgan fingerprint density at radius 1 is 0.443 bits per heavy atom. The van der Waals surface area contributed by atoms with Crippen LogP contribution in [-0.2, 0) is 14.3 Å². The topological polar surface area (TPSA) is 137 Å². The predicted octanol–water partition coefficient (Wildman–Crippen LogP) is 11.8. The van der Waals surface area contributed by atoms with Crippen LogP contribution in [0.2, 0.25) is 0 Å². The molecule has 416 valence electrons. The number of ether oxygens (including phenoxy) is 1. The molecule has 12 heteroatoms. The smallest absolute Gasteiger partial charge is 0.305 e. The van der Waals surface area contributed by atoms with Gasteiger partial charge >= 0.3 is 5.97 Å². The van der Waals surface area contributed by atoms with Crippen molar-refractivity contribution in [3.63, 3.8) is 0 Å². The van der Waals surface area contributed by atoms with Gasteiger partial charge in [0, 0.05) is 84.0 Å². The molecule has 1 fully saturated rings. The molecule has 0 radical (unpaired) electrons. The average molecular weight is 1010 g/mol. The van der Waals surface area contributed by atoms with Crippen LogP contribution >= 0.6 is 11.8 Å². The van der Waals surface area contributed by atoms with E-state index in [4.69, 9.17) is 4.74 Å². The number of nitrogens with zero attached hydrogens (tertiary/aromatic N) is 4. The van der Waals surface area contributed by atoms with E-state index in [1.807, 2.05) is 0 Å². The number of aliphatic hydroxyl groups is 4. The Kier molecular flexibility index (Phi) is 47.1. The summed E-state index contributed by atoms with van der Waals surface area (Å²) in [5, 5.41) is 43.8. The maximum atomic E-state index is 12.8. The fourth-order valence-corrected chi connectivity index (χ4v) is 10.7. The van der Waals surface area contributed by atoms with Gasteiger partial charge in [-0.25, -0.2) is 0 Å². The molecule has 4 atom stereocenters. The maximum absolute atomic E-state index is 12.8. The predicted molar refractivity (Wildman–Crippen MR) is 298 cm³/mol. The Labute approximate surface area is 436 Å². The second-order valence-corrected chi connectivity index (χ2v) is 22.6. The van der Waals surface area contributed by atoms with E-state index in [0.29, 0.717) is 45.6 Å². The maximum Gasteiger partial charge on any atom is 0.305 e. The Morgan fingerprint density at radius 3 is 1.14 bits per heavy atom. The van der Waals surface area contributed by atoms with Crippen molar-refractivity contribution in [1.29, 1.82) is 0 Å². The largest absolute Gasteiger partial charge is 0.464 e. The number of hydrogen-bond acceptors (Lipinski definition) is 12. The molecule has 0 spiro atoms. The molecule has 4 unspecified atom stereocenters. The van der Waals surface area contributed by atoms with E-state index in [1.54, 1.807) is 0 Å². The molecule has 0 aliphatic carbocycles. The summed E-state index contributed by atoms with van der Waals surface area (Å²) in [6.45, 7) is 18.7. The van der Waals surface area contributed by atoms with Gasteiger partial charge in [-0.05, 0) is 64.5 Å². The van der Waals surface area contributed by atoms with Gasteiger partial charge in [0.2, 0.25) is 0 Å². The molecule has 0 amide bonds. The van der Waals surface area contributed by atoms with Gasteiger partial charge in [0.1, 0.15) is 6.61 Å². The van der Waals surface area contributed by atoms with Crippen molar-refractivity contribution in [2.75, 3.05) is 90.9 Å². The molecule has 70 heavy (non-hydrogen) atoms. The molecule has 11 nitrogen and oxygen atoms in total. The summed E-state index contributed by atoms with van der Waals surface area (Å²) in [6, 6.07) is 0. The summed E-state index contributed by atoms with van der Waals surface area (Å²) >= 11 is 1.45. The molecule has 0 aromatic heterocycles. The number of rotatable bonds is 52. The molecule has 4 N–H and O–H groups in total. The fraction of sp³-hybridized carbons (Fsp3) is 0.966. The van der Waals surface area contributed by atoms with E-state index in [-0.39, 0.29) is 35.5 Å². The van der Waals surface area contributed by atoms with Crippen LogP contribution < -0.4 is 0 Å². The van der Waals surface area contributed by atoms with E-state index in [1.165, 1.54) is 140 Å². The lowest BCUT2D eigenvalue weighted by Crippen LogP contribution is -2.47. The minimum absolute atomic E-state index is 0.148. The highest BCUT2D eigenvalue weighted by Crippen LogP contribution is 2.17. The minimum atomic E-state index is -0.385. The lowest BCUT2D eigenvalue weighted by molar-refractivity contribution is -0.144.